The van der Waals surface area contributed by atoms with Crippen molar-refractivity contribution in [2.45, 2.75) is 66.8 Å². The molecule has 0 unspecified atom stereocenters. The van der Waals surface area contributed by atoms with E-state index in [4.69, 9.17) is 18.0 Å². The summed E-state index contributed by atoms with van der Waals surface area (Å²) in [5.41, 5.74) is 5.78. The van der Waals surface area contributed by atoms with Crippen LogP contribution in [0.2, 0.25) is 0 Å². The first-order chi connectivity index (χ1) is 8.24. The molecule has 0 saturated carbocycles. The molecule has 0 radical (unpaired) electrons. The van der Waals surface area contributed by atoms with E-state index in [0.717, 1.165) is 13.0 Å². The third-order valence-corrected chi connectivity index (χ3v) is 4.30. The molecule has 18 heavy (non-hydrogen) atoms. The molecule has 108 valence electrons. The van der Waals surface area contributed by atoms with Gasteiger partial charge in [0.25, 0.3) is 0 Å². The second-order valence-corrected chi connectivity index (χ2v) is 6.80. The highest BCUT2D eigenvalue weighted by Crippen LogP contribution is 2.23. The van der Waals surface area contributed by atoms with Crippen molar-refractivity contribution < 1.29 is 0 Å². The van der Waals surface area contributed by atoms with Crippen molar-refractivity contribution >= 4 is 17.2 Å². The lowest BCUT2D eigenvalue weighted by Gasteiger charge is -2.34. The van der Waals surface area contributed by atoms with Gasteiger partial charge in [-0.25, -0.2) is 0 Å². The summed E-state index contributed by atoms with van der Waals surface area (Å²) in [5, 5.41) is 0. The van der Waals surface area contributed by atoms with Crippen LogP contribution in [0.1, 0.15) is 60.8 Å². The fraction of sp³-hybridized carbons (Fsp3) is 0.933. The molecule has 0 amide bonds. The lowest BCUT2D eigenvalue weighted by atomic mass is 9.88. The monoisotopic (exact) mass is 272 g/mol. The van der Waals surface area contributed by atoms with Crippen molar-refractivity contribution in [2.75, 3.05) is 13.1 Å². The fourth-order valence-electron chi connectivity index (χ4n) is 2.24. The lowest BCUT2D eigenvalue weighted by Crippen LogP contribution is -2.41. The van der Waals surface area contributed by atoms with E-state index >= 15 is 0 Å². The minimum absolute atomic E-state index is 0.0312. The molecule has 0 spiro atoms. The normalized spacial score (nSPS) is 12.7. The SMILES string of the molecule is CCC(CC)N(CCC(C)(C)C(N)=S)CC(C)C. The van der Waals surface area contributed by atoms with Crippen molar-refractivity contribution in [3.8, 4) is 0 Å². The van der Waals surface area contributed by atoms with Crippen molar-refractivity contribution in [3.05, 3.63) is 0 Å². The van der Waals surface area contributed by atoms with Gasteiger partial charge in [0.05, 0.1) is 4.99 Å². The zero-order chi connectivity index (χ0) is 14.3. The van der Waals surface area contributed by atoms with Crippen LogP contribution in [0.25, 0.3) is 0 Å². The molecule has 3 heteroatoms. The number of nitrogens with zero attached hydrogens (tertiary/aromatic N) is 1. The fourth-order valence-corrected chi connectivity index (χ4v) is 2.35. The number of hydrogen-bond acceptors (Lipinski definition) is 2. The van der Waals surface area contributed by atoms with E-state index in [-0.39, 0.29) is 5.41 Å². The highest BCUT2D eigenvalue weighted by atomic mass is 32.1. The average molecular weight is 273 g/mol. The Hall–Kier alpha value is -0.150. The van der Waals surface area contributed by atoms with Gasteiger partial charge in [-0.05, 0) is 31.7 Å². The van der Waals surface area contributed by atoms with Gasteiger partial charge in [0.15, 0.2) is 0 Å². The van der Waals surface area contributed by atoms with Crippen LogP contribution >= 0.6 is 12.2 Å². The predicted octanol–water partition coefficient (Wildman–Crippen LogP) is 3.84. The summed E-state index contributed by atoms with van der Waals surface area (Å²) >= 11 is 5.15. The molecular formula is C15H32N2S. The molecule has 0 atom stereocenters. The van der Waals surface area contributed by atoms with Gasteiger partial charge in [0.2, 0.25) is 0 Å². The van der Waals surface area contributed by atoms with Crippen LogP contribution in [0.3, 0.4) is 0 Å². The van der Waals surface area contributed by atoms with E-state index in [1.54, 1.807) is 0 Å². The van der Waals surface area contributed by atoms with Crippen molar-refractivity contribution in [3.63, 3.8) is 0 Å². The zero-order valence-electron chi connectivity index (χ0n) is 13.1. The van der Waals surface area contributed by atoms with Crippen LogP contribution in [0.15, 0.2) is 0 Å². The molecule has 0 fully saturated rings. The van der Waals surface area contributed by atoms with E-state index in [1.807, 2.05) is 0 Å². The maximum absolute atomic E-state index is 5.81. The highest BCUT2D eigenvalue weighted by molar-refractivity contribution is 7.80. The smallest absolute Gasteiger partial charge is 0.0784 e. The van der Waals surface area contributed by atoms with E-state index in [0.29, 0.717) is 16.9 Å². The maximum atomic E-state index is 5.81. The molecule has 0 rings (SSSR count). The number of nitrogens with two attached hydrogens (primary N) is 1. The minimum Gasteiger partial charge on any atom is -0.393 e. The van der Waals surface area contributed by atoms with Gasteiger partial charge in [-0.3, -0.25) is 0 Å². The molecule has 0 saturated heterocycles. The first kappa shape index (κ1) is 17.8. The lowest BCUT2D eigenvalue weighted by molar-refractivity contribution is 0.152. The van der Waals surface area contributed by atoms with Gasteiger partial charge in [0.1, 0.15) is 0 Å². The molecule has 0 aliphatic heterocycles. The summed E-state index contributed by atoms with van der Waals surface area (Å²) in [5.74, 6) is 0.707. The summed E-state index contributed by atoms with van der Waals surface area (Å²) < 4.78 is 0. The Balaban J connectivity index is 4.55. The van der Waals surface area contributed by atoms with Crippen LogP contribution in [0, 0.1) is 11.3 Å². The van der Waals surface area contributed by atoms with E-state index < -0.39 is 0 Å². The quantitative estimate of drug-likeness (QED) is 0.647. The number of rotatable bonds is 9. The molecule has 2 N–H and O–H groups in total. The number of hydrogen-bond donors (Lipinski definition) is 1. The first-order valence-electron chi connectivity index (χ1n) is 7.28. The Morgan fingerprint density at radius 3 is 2.06 bits per heavy atom. The summed E-state index contributed by atoms with van der Waals surface area (Å²) in [6, 6.07) is 0.689. The summed E-state index contributed by atoms with van der Waals surface area (Å²) in [4.78, 5) is 3.25. The molecule has 0 bridgehead atoms. The predicted molar refractivity (Wildman–Crippen MR) is 86.0 cm³/mol. The number of thiocarbonyl (C=S) groups is 1. The van der Waals surface area contributed by atoms with E-state index in [1.165, 1.54) is 19.4 Å². The van der Waals surface area contributed by atoms with Crippen molar-refractivity contribution in [2.24, 2.45) is 17.1 Å². The van der Waals surface area contributed by atoms with Gasteiger partial charge in [0, 0.05) is 18.0 Å². The molecular weight excluding hydrogens is 240 g/mol. The maximum Gasteiger partial charge on any atom is 0.0784 e. The van der Waals surface area contributed by atoms with Crippen molar-refractivity contribution in [1.29, 1.82) is 0 Å². The second-order valence-electron chi connectivity index (χ2n) is 6.36. The van der Waals surface area contributed by atoms with Gasteiger partial charge in [-0.2, -0.15) is 0 Å². The molecule has 0 aliphatic rings. The Bertz CT molecular complexity index is 245. The van der Waals surface area contributed by atoms with Gasteiger partial charge in [-0.15, -0.1) is 0 Å². The Labute approximate surface area is 119 Å². The largest absolute Gasteiger partial charge is 0.393 e. The van der Waals surface area contributed by atoms with Crippen molar-refractivity contribution in [1.82, 2.24) is 4.90 Å². The third-order valence-electron chi connectivity index (χ3n) is 3.75. The van der Waals surface area contributed by atoms with Gasteiger partial charge in [-0.1, -0.05) is 53.8 Å². The van der Waals surface area contributed by atoms with Crippen LogP contribution in [0.5, 0.6) is 0 Å². The molecule has 0 aromatic rings. The summed E-state index contributed by atoms with van der Waals surface area (Å²) in [6.07, 6.45) is 3.49. The highest BCUT2D eigenvalue weighted by Gasteiger charge is 2.24. The minimum atomic E-state index is -0.0312. The van der Waals surface area contributed by atoms with Crippen LogP contribution in [-0.4, -0.2) is 29.0 Å². The van der Waals surface area contributed by atoms with Crippen LogP contribution in [-0.2, 0) is 0 Å². The Morgan fingerprint density at radius 1 is 1.22 bits per heavy atom. The van der Waals surface area contributed by atoms with Crippen LogP contribution < -0.4 is 5.73 Å². The first-order valence-corrected chi connectivity index (χ1v) is 7.69. The Morgan fingerprint density at radius 2 is 1.72 bits per heavy atom. The summed E-state index contributed by atoms with van der Waals surface area (Å²) in [7, 11) is 0. The molecule has 0 aliphatic carbocycles. The molecule has 0 aromatic carbocycles. The van der Waals surface area contributed by atoms with E-state index in [2.05, 4.69) is 46.4 Å². The van der Waals surface area contributed by atoms with Crippen LogP contribution in [0.4, 0.5) is 0 Å². The molecule has 0 aromatic heterocycles. The molecule has 2 nitrogen and oxygen atoms in total. The topological polar surface area (TPSA) is 29.3 Å². The second kappa shape index (κ2) is 8.11. The zero-order valence-corrected chi connectivity index (χ0v) is 13.9. The summed E-state index contributed by atoms with van der Waals surface area (Å²) in [6.45, 7) is 15.7. The third kappa shape index (κ3) is 6.14. The van der Waals surface area contributed by atoms with Gasteiger partial charge >= 0.3 is 0 Å². The van der Waals surface area contributed by atoms with Gasteiger partial charge < -0.3 is 10.6 Å². The average Bonchev–Trinajstić information content (AvgIpc) is 2.26. The standard InChI is InChI=1S/C15H32N2S/c1-7-13(8-2)17(11-12(3)4)10-9-15(5,6)14(16)18/h12-13H,7-11H2,1-6H3,(H2,16,18). The molecule has 0 heterocycles. The van der Waals surface area contributed by atoms with E-state index in [9.17, 15) is 0 Å². The Kier molecular flexibility index (Phi) is 8.04.